The van der Waals surface area contributed by atoms with Gasteiger partial charge >= 0.3 is 5.97 Å². The minimum atomic E-state index is -1.78. The number of primary amides is 1. The molecule has 1 aromatic carbocycles. The molecule has 1 aromatic rings. The zero-order valence-electron chi connectivity index (χ0n) is 39.1. The van der Waals surface area contributed by atoms with E-state index in [-0.39, 0.29) is 31.1 Å². The van der Waals surface area contributed by atoms with E-state index in [4.69, 9.17) is 11.5 Å². The van der Waals surface area contributed by atoms with Crippen LogP contribution in [0.1, 0.15) is 86.1 Å². The van der Waals surface area contributed by atoms with Crippen LogP contribution in [0.5, 0.6) is 0 Å². The van der Waals surface area contributed by atoms with Gasteiger partial charge in [0.15, 0.2) is 5.78 Å². The molecule has 0 saturated carbocycles. The standard InChI is InChI=1S/C44H68N10O13/c1-22(2)35(25(7)56)52-41(64)30(21-55)50-39(62)28(18-26-12-9-8-10-13-26)48-42(65)31-14-11-17-54(31)44(67)37(24(5)6)53-38(61)27(15-16-32(46)57)47-40(63)29(19-34(59)60)49-43(66)36(23(3)4)51-33(58)20-45/h8-10,12-13,22-24,27-31,35-37,55H,11,14-21,45H2,1-7H3,(H2,46,57)(H,47,63)(H,48,65)(H,49,66)(H,50,62)(H,51,58)(H,52,64)(H,53,61)(H,59,60). The number of benzene rings is 1. The summed E-state index contributed by atoms with van der Waals surface area (Å²) in [6, 6.07) is -2.19. The van der Waals surface area contributed by atoms with Gasteiger partial charge in [-0.05, 0) is 49.5 Å². The molecule has 372 valence electrons. The van der Waals surface area contributed by atoms with Gasteiger partial charge in [-0.15, -0.1) is 0 Å². The Morgan fingerprint density at radius 3 is 1.72 bits per heavy atom. The van der Waals surface area contributed by atoms with Gasteiger partial charge in [-0.3, -0.25) is 52.7 Å². The van der Waals surface area contributed by atoms with Crippen molar-refractivity contribution in [3.63, 3.8) is 0 Å². The second-order valence-electron chi connectivity index (χ2n) is 17.5. The van der Waals surface area contributed by atoms with Crippen molar-refractivity contribution >= 4 is 64.9 Å². The van der Waals surface area contributed by atoms with Gasteiger partial charge < -0.3 is 63.8 Å². The molecule has 8 unspecified atom stereocenters. The van der Waals surface area contributed by atoms with Crippen LogP contribution in [0.15, 0.2) is 30.3 Å². The maximum Gasteiger partial charge on any atom is 0.305 e. The molecule has 13 N–H and O–H groups in total. The molecule has 1 saturated heterocycles. The molecule has 0 radical (unpaired) electrons. The average Bonchev–Trinajstić information content (AvgIpc) is 3.76. The third-order valence-corrected chi connectivity index (χ3v) is 11.0. The Bertz CT molecular complexity index is 1950. The summed E-state index contributed by atoms with van der Waals surface area (Å²) in [4.78, 5) is 145. The summed E-state index contributed by atoms with van der Waals surface area (Å²) >= 11 is 0. The van der Waals surface area contributed by atoms with Crippen molar-refractivity contribution in [1.82, 2.24) is 42.1 Å². The van der Waals surface area contributed by atoms with Crippen molar-refractivity contribution in [3.8, 4) is 0 Å². The molecule has 8 atom stereocenters. The number of hydrogen-bond acceptors (Lipinski definition) is 13. The molecule has 1 heterocycles. The largest absolute Gasteiger partial charge is 0.481 e. The predicted octanol–water partition coefficient (Wildman–Crippen LogP) is -3.14. The number of carboxylic acid groups (broad SMARTS) is 1. The Labute approximate surface area is 389 Å². The van der Waals surface area contributed by atoms with E-state index >= 15 is 0 Å². The lowest BCUT2D eigenvalue weighted by atomic mass is 10.00. The van der Waals surface area contributed by atoms with Gasteiger partial charge in [0, 0.05) is 19.4 Å². The topological polar surface area (TPSA) is 368 Å². The van der Waals surface area contributed by atoms with Crippen molar-refractivity contribution in [1.29, 1.82) is 0 Å². The van der Waals surface area contributed by atoms with E-state index in [0.717, 1.165) is 0 Å². The molecule has 67 heavy (non-hydrogen) atoms. The van der Waals surface area contributed by atoms with E-state index < -0.39 is 152 Å². The van der Waals surface area contributed by atoms with E-state index in [1.807, 2.05) is 0 Å². The first-order valence-electron chi connectivity index (χ1n) is 22.2. The van der Waals surface area contributed by atoms with Gasteiger partial charge in [0.05, 0.1) is 25.6 Å². The number of aliphatic carboxylic acids is 1. The maximum absolute atomic E-state index is 14.3. The number of carbonyl (C=O) groups is 11. The lowest BCUT2D eigenvalue weighted by Gasteiger charge is -2.32. The zero-order valence-corrected chi connectivity index (χ0v) is 39.1. The van der Waals surface area contributed by atoms with Crippen LogP contribution in [-0.2, 0) is 59.2 Å². The molecule has 0 aromatic heterocycles. The molecule has 23 nitrogen and oxygen atoms in total. The summed E-state index contributed by atoms with van der Waals surface area (Å²) in [5.41, 5.74) is 11.3. The lowest BCUT2D eigenvalue weighted by molar-refractivity contribution is -0.144. The van der Waals surface area contributed by atoms with E-state index in [1.54, 1.807) is 71.9 Å². The first-order valence-corrected chi connectivity index (χ1v) is 22.2. The van der Waals surface area contributed by atoms with Crippen molar-refractivity contribution in [2.45, 2.75) is 135 Å². The molecular formula is C44H68N10O13. The molecule has 23 heteroatoms. The highest BCUT2D eigenvalue weighted by atomic mass is 16.4. The Morgan fingerprint density at radius 1 is 0.672 bits per heavy atom. The molecule has 2 rings (SSSR count). The van der Waals surface area contributed by atoms with Gasteiger partial charge in [0.25, 0.3) is 0 Å². The Kier molecular flexibility index (Phi) is 23.0. The average molecular weight is 945 g/mol. The monoisotopic (exact) mass is 944 g/mol. The fourth-order valence-corrected chi connectivity index (χ4v) is 7.27. The Balaban J connectivity index is 2.37. The van der Waals surface area contributed by atoms with Crippen LogP contribution >= 0.6 is 0 Å². The van der Waals surface area contributed by atoms with Crippen LogP contribution in [-0.4, -0.2) is 148 Å². The summed E-state index contributed by atoms with van der Waals surface area (Å²) in [6.45, 7) is 9.88. The number of aliphatic hydroxyl groups is 1. The number of Topliss-reactive ketones (excluding diaryl/α,β-unsaturated/α-hetero) is 1. The van der Waals surface area contributed by atoms with E-state index in [1.165, 1.54) is 11.8 Å². The van der Waals surface area contributed by atoms with Crippen molar-refractivity contribution in [2.75, 3.05) is 19.7 Å². The van der Waals surface area contributed by atoms with Crippen LogP contribution in [0, 0.1) is 17.8 Å². The SMILES string of the molecule is CC(=O)C(NC(=O)C(CO)NC(=O)C(Cc1ccccc1)NC(=O)C1CCCN1C(=O)C(NC(=O)C(CCC(N)=O)NC(=O)C(CC(=O)O)NC(=O)C(NC(=O)CN)C(C)C)C(C)C)C(C)C. The summed E-state index contributed by atoms with van der Waals surface area (Å²) in [5, 5.41) is 37.0. The lowest BCUT2D eigenvalue weighted by Crippen LogP contribution is -2.61. The van der Waals surface area contributed by atoms with Crippen LogP contribution in [0.2, 0.25) is 0 Å². The number of carbonyl (C=O) groups excluding carboxylic acids is 10. The summed E-state index contributed by atoms with van der Waals surface area (Å²) in [7, 11) is 0. The van der Waals surface area contributed by atoms with E-state index in [2.05, 4.69) is 37.2 Å². The fraction of sp³-hybridized carbons (Fsp3) is 0.614. The highest BCUT2D eigenvalue weighted by Gasteiger charge is 2.41. The van der Waals surface area contributed by atoms with Crippen molar-refractivity contribution in [3.05, 3.63) is 35.9 Å². The van der Waals surface area contributed by atoms with Crippen molar-refractivity contribution < 1.29 is 63.0 Å². The number of amides is 9. The molecule has 1 aliphatic heterocycles. The van der Waals surface area contributed by atoms with Crippen LogP contribution < -0.4 is 48.7 Å². The number of nitrogens with one attached hydrogen (secondary N) is 7. The Hall–Kier alpha value is -6.49. The minimum absolute atomic E-state index is 0.0625. The van der Waals surface area contributed by atoms with Gasteiger partial charge in [-0.2, -0.15) is 0 Å². The maximum atomic E-state index is 14.3. The summed E-state index contributed by atoms with van der Waals surface area (Å²) in [5.74, 6) is -11.0. The van der Waals surface area contributed by atoms with Gasteiger partial charge in [-0.25, -0.2) is 0 Å². The second-order valence-corrected chi connectivity index (χ2v) is 17.5. The first-order chi connectivity index (χ1) is 31.4. The summed E-state index contributed by atoms with van der Waals surface area (Å²) < 4.78 is 0. The normalized spacial score (nSPS) is 16.6. The predicted molar refractivity (Wildman–Crippen MR) is 240 cm³/mol. The van der Waals surface area contributed by atoms with Gasteiger partial charge in [0.2, 0.25) is 53.2 Å². The number of nitrogens with two attached hydrogens (primary N) is 2. The highest BCUT2D eigenvalue weighted by molar-refractivity contribution is 5.99. The fourth-order valence-electron chi connectivity index (χ4n) is 7.27. The quantitative estimate of drug-likeness (QED) is 0.0416. The van der Waals surface area contributed by atoms with Crippen LogP contribution in [0.3, 0.4) is 0 Å². The third kappa shape index (κ3) is 18.0. The smallest absolute Gasteiger partial charge is 0.305 e. The van der Waals surface area contributed by atoms with Crippen LogP contribution in [0.4, 0.5) is 0 Å². The molecule has 0 bridgehead atoms. The van der Waals surface area contributed by atoms with Gasteiger partial charge in [-0.1, -0.05) is 71.9 Å². The number of aliphatic hydroxyl groups excluding tert-OH is 1. The number of likely N-dealkylation sites (tertiary alicyclic amines) is 1. The highest BCUT2D eigenvalue weighted by Crippen LogP contribution is 2.21. The molecule has 0 spiro atoms. The Morgan fingerprint density at radius 2 is 1.19 bits per heavy atom. The van der Waals surface area contributed by atoms with Gasteiger partial charge in [0.1, 0.15) is 42.3 Å². The number of nitrogens with zero attached hydrogens (tertiary/aromatic N) is 1. The molecule has 9 amide bonds. The second kappa shape index (κ2) is 27.2. The number of hydrogen-bond donors (Lipinski definition) is 11. The van der Waals surface area contributed by atoms with Crippen LogP contribution in [0.25, 0.3) is 0 Å². The number of ketones is 1. The number of carboxylic acids is 1. The zero-order chi connectivity index (χ0) is 50.7. The minimum Gasteiger partial charge on any atom is -0.481 e. The first kappa shape index (κ1) is 56.6. The molecule has 1 aliphatic rings. The molecular weight excluding hydrogens is 877 g/mol. The van der Waals surface area contributed by atoms with E-state index in [9.17, 15) is 63.0 Å². The summed E-state index contributed by atoms with van der Waals surface area (Å²) in [6.07, 6.45) is -1.37. The molecule has 0 aliphatic carbocycles. The third-order valence-electron chi connectivity index (χ3n) is 11.0. The number of rotatable bonds is 27. The van der Waals surface area contributed by atoms with E-state index in [0.29, 0.717) is 12.0 Å². The molecule has 1 fully saturated rings. The van der Waals surface area contributed by atoms with Crippen molar-refractivity contribution in [2.24, 2.45) is 29.2 Å².